The number of carbonyl (C=O) groups excluding carboxylic acids is 3. The molecule has 1 aliphatic rings. The van der Waals surface area contributed by atoms with Crippen LogP contribution in [0.5, 0.6) is 5.75 Å². The van der Waals surface area contributed by atoms with Gasteiger partial charge in [0.15, 0.2) is 0 Å². The van der Waals surface area contributed by atoms with Crippen molar-refractivity contribution in [3.05, 3.63) is 59.7 Å². The van der Waals surface area contributed by atoms with Crippen molar-refractivity contribution < 1.29 is 19.1 Å². The maximum atomic E-state index is 12.3. The Morgan fingerprint density at radius 1 is 0.900 bits per heavy atom. The molecule has 0 atom stereocenters. The van der Waals surface area contributed by atoms with Crippen LogP contribution in [-0.4, -0.2) is 24.3 Å². The molecule has 3 N–H and O–H groups in total. The summed E-state index contributed by atoms with van der Waals surface area (Å²) in [6, 6.07) is 13.4. The van der Waals surface area contributed by atoms with E-state index in [-0.39, 0.29) is 11.8 Å². The summed E-state index contributed by atoms with van der Waals surface area (Å²) in [5.74, 6) is -0.375. The molecule has 0 unspecified atom stereocenters. The molecular weight excluding hydrogens is 382 g/mol. The Labute approximate surface area is 176 Å². The van der Waals surface area contributed by atoms with Crippen LogP contribution in [0, 0.1) is 5.92 Å². The molecule has 158 valence electrons. The number of benzene rings is 2. The van der Waals surface area contributed by atoms with Crippen LogP contribution in [-0.2, 0) is 4.79 Å². The Bertz CT molecular complexity index is 890. The van der Waals surface area contributed by atoms with Crippen LogP contribution in [0.25, 0.3) is 0 Å². The summed E-state index contributed by atoms with van der Waals surface area (Å²) < 4.78 is 5.43. The molecule has 2 aromatic rings. The van der Waals surface area contributed by atoms with Gasteiger partial charge in [-0.25, -0.2) is 0 Å². The fourth-order valence-electron chi connectivity index (χ4n) is 3.50. The van der Waals surface area contributed by atoms with Gasteiger partial charge in [0, 0.05) is 17.2 Å². The average molecular weight is 409 g/mol. The van der Waals surface area contributed by atoms with Gasteiger partial charge in [-0.3, -0.25) is 25.2 Å². The lowest BCUT2D eigenvalue weighted by Gasteiger charge is -2.20. The number of anilines is 1. The van der Waals surface area contributed by atoms with Crippen molar-refractivity contribution in [3.8, 4) is 5.75 Å². The molecule has 3 amide bonds. The summed E-state index contributed by atoms with van der Waals surface area (Å²) in [6.07, 6.45) is 5.24. The van der Waals surface area contributed by atoms with Gasteiger partial charge >= 0.3 is 0 Å². The Hall–Kier alpha value is -3.35. The largest absolute Gasteiger partial charge is 0.493 e. The van der Waals surface area contributed by atoms with Gasteiger partial charge in [-0.2, -0.15) is 0 Å². The number of carbonyl (C=O) groups is 3. The maximum absolute atomic E-state index is 12.3. The number of ether oxygens (including phenoxy) is 1. The van der Waals surface area contributed by atoms with Gasteiger partial charge in [-0.1, -0.05) is 31.4 Å². The summed E-state index contributed by atoms with van der Waals surface area (Å²) in [4.78, 5) is 37.0. The highest BCUT2D eigenvalue weighted by Gasteiger charge is 2.21. The molecular formula is C23H27N3O4. The first-order valence-corrected chi connectivity index (χ1v) is 10.3. The second-order valence-electron chi connectivity index (χ2n) is 7.24. The highest BCUT2D eigenvalue weighted by Crippen LogP contribution is 2.25. The molecule has 2 aromatic carbocycles. The number of hydrogen-bond donors (Lipinski definition) is 3. The van der Waals surface area contributed by atoms with Gasteiger partial charge in [0.05, 0.1) is 12.2 Å². The van der Waals surface area contributed by atoms with Crippen LogP contribution >= 0.6 is 0 Å². The molecule has 0 heterocycles. The van der Waals surface area contributed by atoms with Gasteiger partial charge in [-0.05, 0) is 56.2 Å². The van der Waals surface area contributed by atoms with E-state index in [0.717, 1.165) is 25.7 Å². The number of amides is 3. The van der Waals surface area contributed by atoms with Crippen LogP contribution in [0.3, 0.4) is 0 Å². The van der Waals surface area contributed by atoms with Gasteiger partial charge < -0.3 is 10.1 Å². The highest BCUT2D eigenvalue weighted by molar-refractivity contribution is 6.00. The second-order valence-corrected chi connectivity index (χ2v) is 7.24. The quantitative estimate of drug-likeness (QED) is 0.634. The lowest BCUT2D eigenvalue weighted by molar-refractivity contribution is -0.120. The number of para-hydroxylation sites is 1. The Balaban J connectivity index is 1.53. The molecule has 1 fully saturated rings. The zero-order chi connectivity index (χ0) is 21.3. The van der Waals surface area contributed by atoms with E-state index in [0.29, 0.717) is 29.2 Å². The van der Waals surface area contributed by atoms with Crippen molar-refractivity contribution in [1.82, 2.24) is 10.9 Å². The van der Waals surface area contributed by atoms with Gasteiger partial charge in [0.1, 0.15) is 5.75 Å². The molecule has 1 aliphatic carbocycles. The van der Waals surface area contributed by atoms with Gasteiger partial charge in [-0.15, -0.1) is 0 Å². The molecule has 0 aromatic heterocycles. The lowest BCUT2D eigenvalue weighted by Crippen LogP contribution is -2.41. The summed E-state index contributed by atoms with van der Waals surface area (Å²) in [7, 11) is 0. The van der Waals surface area contributed by atoms with E-state index in [1.54, 1.807) is 48.5 Å². The fourth-order valence-corrected chi connectivity index (χ4v) is 3.50. The molecule has 0 spiro atoms. The Morgan fingerprint density at radius 2 is 1.57 bits per heavy atom. The lowest BCUT2D eigenvalue weighted by atomic mass is 9.88. The first-order chi connectivity index (χ1) is 14.6. The zero-order valence-corrected chi connectivity index (χ0v) is 17.1. The van der Waals surface area contributed by atoms with Crippen LogP contribution in [0.4, 0.5) is 5.69 Å². The normalized spacial score (nSPS) is 13.9. The summed E-state index contributed by atoms with van der Waals surface area (Å²) in [6.45, 7) is 2.26. The van der Waals surface area contributed by atoms with Gasteiger partial charge in [0.25, 0.3) is 11.8 Å². The molecule has 7 nitrogen and oxygen atoms in total. The van der Waals surface area contributed by atoms with E-state index in [4.69, 9.17) is 4.74 Å². The topological polar surface area (TPSA) is 96.5 Å². The minimum absolute atomic E-state index is 0.0344. The van der Waals surface area contributed by atoms with Gasteiger partial charge in [0.2, 0.25) is 5.91 Å². The van der Waals surface area contributed by atoms with E-state index in [1.807, 2.05) is 6.92 Å². The predicted molar refractivity (Wildman–Crippen MR) is 114 cm³/mol. The standard InChI is InChI=1S/C23H27N3O4/c1-2-30-20-11-7-6-10-19(20)23(29)26-25-22(28)17-12-14-18(15-13-17)24-21(27)16-8-4-3-5-9-16/h6-7,10-16H,2-5,8-9H2,1H3,(H,24,27)(H,25,28)(H,26,29). The highest BCUT2D eigenvalue weighted by atomic mass is 16.5. The Kier molecular flexibility index (Phi) is 7.43. The summed E-state index contributed by atoms with van der Waals surface area (Å²) >= 11 is 0. The van der Waals surface area contributed by atoms with Crippen LogP contribution in [0.2, 0.25) is 0 Å². The SMILES string of the molecule is CCOc1ccccc1C(=O)NNC(=O)c1ccc(NC(=O)C2CCCCC2)cc1. The van der Waals surface area contributed by atoms with Crippen molar-refractivity contribution in [1.29, 1.82) is 0 Å². The van der Waals surface area contributed by atoms with Crippen molar-refractivity contribution in [2.24, 2.45) is 5.92 Å². The minimum atomic E-state index is -0.469. The first kappa shape index (κ1) is 21.4. The molecule has 0 radical (unpaired) electrons. The number of hydrogen-bond acceptors (Lipinski definition) is 4. The second kappa shape index (κ2) is 10.4. The van der Waals surface area contributed by atoms with Crippen molar-refractivity contribution >= 4 is 23.4 Å². The number of hydrazine groups is 1. The van der Waals surface area contributed by atoms with E-state index in [1.165, 1.54) is 6.42 Å². The third-order valence-electron chi connectivity index (χ3n) is 5.11. The van der Waals surface area contributed by atoms with Crippen LogP contribution in [0.15, 0.2) is 48.5 Å². The Morgan fingerprint density at radius 3 is 2.27 bits per heavy atom. The van der Waals surface area contributed by atoms with E-state index < -0.39 is 11.8 Å². The molecule has 0 bridgehead atoms. The third kappa shape index (κ3) is 5.59. The van der Waals surface area contributed by atoms with Crippen LogP contribution in [0.1, 0.15) is 59.7 Å². The van der Waals surface area contributed by atoms with E-state index in [2.05, 4.69) is 16.2 Å². The zero-order valence-electron chi connectivity index (χ0n) is 17.1. The van der Waals surface area contributed by atoms with Crippen molar-refractivity contribution in [3.63, 3.8) is 0 Å². The fraction of sp³-hybridized carbons (Fsp3) is 0.348. The van der Waals surface area contributed by atoms with Crippen molar-refractivity contribution in [2.45, 2.75) is 39.0 Å². The van der Waals surface area contributed by atoms with E-state index >= 15 is 0 Å². The summed E-state index contributed by atoms with van der Waals surface area (Å²) in [5, 5.41) is 2.91. The maximum Gasteiger partial charge on any atom is 0.273 e. The van der Waals surface area contributed by atoms with Crippen LogP contribution < -0.4 is 20.9 Å². The predicted octanol–water partition coefficient (Wildman–Crippen LogP) is 3.68. The average Bonchev–Trinajstić information content (AvgIpc) is 2.79. The molecule has 7 heteroatoms. The smallest absolute Gasteiger partial charge is 0.273 e. The van der Waals surface area contributed by atoms with E-state index in [9.17, 15) is 14.4 Å². The molecule has 3 rings (SSSR count). The third-order valence-corrected chi connectivity index (χ3v) is 5.11. The minimum Gasteiger partial charge on any atom is -0.493 e. The monoisotopic (exact) mass is 409 g/mol. The molecule has 1 saturated carbocycles. The number of nitrogens with one attached hydrogen (secondary N) is 3. The first-order valence-electron chi connectivity index (χ1n) is 10.3. The molecule has 30 heavy (non-hydrogen) atoms. The molecule has 0 aliphatic heterocycles. The molecule has 0 saturated heterocycles. The number of rotatable bonds is 6. The summed E-state index contributed by atoms with van der Waals surface area (Å²) in [5.41, 5.74) is 6.14. The van der Waals surface area contributed by atoms with Crippen molar-refractivity contribution in [2.75, 3.05) is 11.9 Å².